The number of benzene rings is 2. The minimum absolute atomic E-state index is 0.117. The SMILES string of the molecule is Cc1ccc(Cn2c(Nc3cccc(CC(C)C)c3)nc(=O)n(C[C@H](C)C(=O)O)c2=O)cc1. The first-order chi connectivity index (χ1) is 15.6. The van der Waals surface area contributed by atoms with Crippen LogP contribution >= 0.6 is 0 Å². The molecule has 1 atom stereocenters. The number of carboxylic acids is 1. The molecule has 0 saturated carbocycles. The summed E-state index contributed by atoms with van der Waals surface area (Å²) in [6, 6.07) is 15.5. The molecule has 3 aromatic rings. The van der Waals surface area contributed by atoms with Gasteiger partial charge in [0.05, 0.1) is 12.5 Å². The van der Waals surface area contributed by atoms with Crippen LogP contribution in [-0.4, -0.2) is 25.2 Å². The third-order valence-corrected chi connectivity index (χ3v) is 5.32. The van der Waals surface area contributed by atoms with Gasteiger partial charge in [-0.15, -0.1) is 0 Å². The van der Waals surface area contributed by atoms with Crippen LogP contribution < -0.4 is 16.7 Å². The number of nitrogens with zero attached hydrogens (tertiary/aromatic N) is 3. The summed E-state index contributed by atoms with van der Waals surface area (Å²) < 4.78 is 2.25. The van der Waals surface area contributed by atoms with Crippen molar-refractivity contribution < 1.29 is 9.90 Å². The summed E-state index contributed by atoms with van der Waals surface area (Å²) in [5, 5.41) is 12.4. The molecule has 33 heavy (non-hydrogen) atoms. The van der Waals surface area contributed by atoms with Crippen molar-refractivity contribution in [2.24, 2.45) is 11.8 Å². The molecular formula is C25H30N4O4. The number of carbonyl (C=O) groups is 1. The molecule has 0 spiro atoms. The van der Waals surface area contributed by atoms with E-state index < -0.39 is 23.3 Å². The van der Waals surface area contributed by atoms with Gasteiger partial charge in [-0.25, -0.2) is 14.2 Å². The van der Waals surface area contributed by atoms with E-state index in [1.165, 1.54) is 11.5 Å². The van der Waals surface area contributed by atoms with Crippen molar-refractivity contribution in [2.75, 3.05) is 5.32 Å². The number of aliphatic carboxylic acids is 1. The van der Waals surface area contributed by atoms with E-state index in [0.29, 0.717) is 11.6 Å². The van der Waals surface area contributed by atoms with Crippen LogP contribution in [0.3, 0.4) is 0 Å². The topological polar surface area (TPSA) is 106 Å². The predicted molar refractivity (Wildman–Crippen MR) is 128 cm³/mol. The first-order valence-electron chi connectivity index (χ1n) is 11.0. The Morgan fingerprint density at radius 3 is 2.36 bits per heavy atom. The van der Waals surface area contributed by atoms with Crippen LogP contribution in [0.25, 0.3) is 0 Å². The molecule has 8 heteroatoms. The van der Waals surface area contributed by atoms with Gasteiger partial charge < -0.3 is 10.4 Å². The molecule has 0 fully saturated rings. The van der Waals surface area contributed by atoms with Crippen molar-refractivity contribution in [1.82, 2.24) is 14.1 Å². The summed E-state index contributed by atoms with van der Waals surface area (Å²) >= 11 is 0. The fourth-order valence-electron chi connectivity index (χ4n) is 3.53. The average molecular weight is 451 g/mol. The third kappa shape index (κ3) is 6.19. The number of anilines is 2. The van der Waals surface area contributed by atoms with Gasteiger partial charge in [0.2, 0.25) is 5.95 Å². The predicted octanol–water partition coefficient (Wildman–Crippen LogP) is 3.42. The molecule has 0 radical (unpaired) electrons. The molecule has 0 bridgehead atoms. The van der Waals surface area contributed by atoms with E-state index in [-0.39, 0.29) is 19.0 Å². The molecule has 0 unspecified atom stereocenters. The number of nitrogens with one attached hydrogen (secondary N) is 1. The van der Waals surface area contributed by atoms with Crippen molar-refractivity contribution in [1.29, 1.82) is 0 Å². The summed E-state index contributed by atoms with van der Waals surface area (Å²) in [4.78, 5) is 41.4. The minimum Gasteiger partial charge on any atom is -0.481 e. The lowest BCUT2D eigenvalue weighted by Crippen LogP contribution is -2.44. The van der Waals surface area contributed by atoms with Crippen molar-refractivity contribution in [3.8, 4) is 0 Å². The quantitative estimate of drug-likeness (QED) is 0.517. The number of aromatic nitrogens is 3. The molecule has 1 heterocycles. The Balaban J connectivity index is 2.06. The van der Waals surface area contributed by atoms with Crippen molar-refractivity contribution in [3.05, 3.63) is 86.2 Å². The van der Waals surface area contributed by atoms with E-state index in [0.717, 1.165) is 27.7 Å². The Kier molecular flexibility index (Phi) is 7.48. The highest BCUT2D eigenvalue weighted by Gasteiger charge is 2.19. The van der Waals surface area contributed by atoms with Gasteiger partial charge in [0.1, 0.15) is 0 Å². The molecule has 174 valence electrons. The maximum atomic E-state index is 13.3. The van der Waals surface area contributed by atoms with Gasteiger partial charge in [-0.1, -0.05) is 62.7 Å². The molecule has 0 aliphatic rings. The summed E-state index contributed by atoms with van der Waals surface area (Å²) in [7, 11) is 0. The van der Waals surface area contributed by atoms with Crippen LogP contribution in [0.5, 0.6) is 0 Å². The first-order valence-corrected chi connectivity index (χ1v) is 11.0. The van der Waals surface area contributed by atoms with Crippen LogP contribution in [-0.2, 0) is 24.3 Å². The van der Waals surface area contributed by atoms with Gasteiger partial charge in [0.15, 0.2) is 0 Å². The molecule has 0 aliphatic heterocycles. The Morgan fingerprint density at radius 2 is 1.73 bits per heavy atom. The molecule has 0 amide bonds. The summed E-state index contributed by atoms with van der Waals surface area (Å²) in [5.74, 6) is -1.39. The number of rotatable bonds is 9. The van der Waals surface area contributed by atoms with Gasteiger partial charge in [0, 0.05) is 12.2 Å². The first kappa shape index (κ1) is 24.0. The monoisotopic (exact) mass is 450 g/mol. The standard InChI is InChI=1S/C25H30N4O4/c1-16(2)12-20-6-5-7-21(13-20)26-23-27-24(32)29(14-18(4)22(30)31)25(33)28(23)15-19-10-8-17(3)9-11-19/h5-11,13,16,18H,12,14-15H2,1-4H3,(H,30,31)(H,26,27,32)/t18-/m0/s1. The summed E-state index contributed by atoms with van der Waals surface area (Å²) in [6.45, 7) is 7.63. The molecule has 1 aromatic heterocycles. The maximum absolute atomic E-state index is 13.3. The second-order valence-corrected chi connectivity index (χ2v) is 8.85. The van der Waals surface area contributed by atoms with Crippen molar-refractivity contribution in [2.45, 2.75) is 47.2 Å². The fraction of sp³-hybridized carbons (Fsp3) is 0.360. The Labute approximate surface area is 192 Å². The zero-order valence-corrected chi connectivity index (χ0v) is 19.4. The normalized spacial score (nSPS) is 12.0. The Morgan fingerprint density at radius 1 is 1.03 bits per heavy atom. The lowest BCUT2D eigenvalue weighted by molar-refractivity contribution is -0.141. The maximum Gasteiger partial charge on any atom is 0.354 e. The van der Waals surface area contributed by atoms with E-state index >= 15 is 0 Å². The summed E-state index contributed by atoms with van der Waals surface area (Å²) in [6.07, 6.45) is 0.897. The molecule has 8 nitrogen and oxygen atoms in total. The van der Waals surface area contributed by atoms with E-state index in [1.54, 1.807) is 0 Å². The molecule has 0 saturated heterocycles. The largest absolute Gasteiger partial charge is 0.481 e. The van der Waals surface area contributed by atoms with E-state index in [2.05, 4.69) is 24.1 Å². The third-order valence-electron chi connectivity index (χ3n) is 5.32. The van der Waals surface area contributed by atoms with E-state index in [9.17, 15) is 19.5 Å². The van der Waals surface area contributed by atoms with Crippen LogP contribution in [0.2, 0.25) is 0 Å². The second kappa shape index (κ2) is 10.3. The Bertz CT molecular complexity index is 1240. The van der Waals surface area contributed by atoms with Gasteiger partial charge >= 0.3 is 17.3 Å². The van der Waals surface area contributed by atoms with Gasteiger partial charge in [-0.2, -0.15) is 4.98 Å². The van der Waals surface area contributed by atoms with Crippen LogP contribution in [0, 0.1) is 18.8 Å². The van der Waals surface area contributed by atoms with Crippen LogP contribution in [0.1, 0.15) is 37.5 Å². The number of carboxylic acid groups (broad SMARTS) is 1. The molecule has 2 aromatic carbocycles. The highest BCUT2D eigenvalue weighted by molar-refractivity contribution is 5.69. The average Bonchev–Trinajstić information content (AvgIpc) is 2.74. The van der Waals surface area contributed by atoms with Gasteiger partial charge in [-0.05, 0) is 42.5 Å². The number of hydrogen-bond acceptors (Lipinski definition) is 5. The highest BCUT2D eigenvalue weighted by Crippen LogP contribution is 2.18. The Hall–Kier alpha value is -3.68. The van der Waals surface area contributed by atoms with Crippen molar-refractivity contribution in [3.63, 3.8) is 0 Å². The lowest BCUT2D eigenvalue weighted by Gasteiger charge is -2.17. The zero-order valence-electron chi connectivity index (χ0n) is 19.4. The fourth-order valence-corrected chi connectivity index (χ4v) is 3.53. The zero-order chi connectivity index (χ0) is 24.1. The van der Waals surface area contributed by atoms with Gasteiger partial charge in [-0.3, -0.25) is 9.36 Å². The number of aryl methyl sites for hydroxylation is 1. The van der Waals surface area contributed by atoms with Crippen molar-refractivity contribution >= 4 is 17.6 Å². The number of hydrogen-bond donors (Lipinski definition) is 2. The molecule has 0 aliphatic carbocycles. The molecule has 3 rings (SSSR count). The summed E-state index contributed by atoms with van der Waals surface area (Å²) in [5.41, 5.74) is 2.40. The minimum atomic E-state index is -1.09. The molecule has 2 N–H and O–H groups in total. The van der Waals surface area contributed by atoms with Gasteiger partial charge in [0.25, 0.3) is 0 Å². The molecular weight excluding hydrogens is 420 g/mol. The van der Waals surface area contributed by atoms with Crippen LogP contribution in [0.4, 0.5) is 11.6 Å². The lowest BCUT2D eigenvalue weighted by atomic mass is 10.0. The van der Waals surface area contributed by atoms with E-state index in [4.69, 9.17) is 0 Å². The smallest absolute Gasteiger partial charge is 0.354 e. The van der Waals surface area contributed by atoms with Crippen LogP contribution in [0.15, 0.2) is 58.1 Å². The highest BCUT2D eigenvalue weighted by atomic mass is 16.4. The second-order valence-electron chi connectivity index (χ2n) is 8.85. The van der Waals surface area contributed by atoms with E-state index in [1.807, 2.05) is 55.5 Å².